The summed E-state index contributed by atoms with van der Waals surface area (Å²) in [7, 11) is 0. The van der Waals surface area contributed by atoms with Gasteiger partial charge in [-0.05, 0) is 13.3 Å². The summed E-state index contributed by atoms with van der Waals surface area (Å²) in [5, 5.41) is 2.96. The minimum atomic E-state index is -0.537. The van der Waals surface area contributed by atoms with Crippen LogP contribution in [0, 0.1) is 12.7 Å². The van der Waals surface area contributed by atoms with Crippen LogP contribution in [0.5, 0.6) is 0 Å². The average Bonchev–Trinajstić information content (AvgIpc) is 2.32. The number of rotatable bonds is 5. The van der Waals surface area contributed by atoms with Gasteiger partial charge in [-0.15, -0.1) is 23.2 Å². The quantitative estimate of drug-likeness (QED) is 0.832. The largest absolute Gasteiger partial charge is 0.360 e. The van der Waals surface area contributed by atoms with E-state index in [1.807, 2.05) is 6.92 Å². The van der Waals surface area contributed by atoms with E-state index in [-0.39, 0.29) is 17.6 Å². The summed E-state index contributed by atoms with van der Waals surface area (Å²) in [4.78, 5) is 7.61. The summed E-state index contributed by atoms with van der Waals surface area (Å²) in [6.45, 7) is 3.51. The molecule has 1 N–H and O–H groups in total. The fourth-order valence-corrected chi connectivity index (χ4v) is 1.97. The Hall–Kier alpha value is -0.610. The summed E-state index contributed by atoms with van der Waals surface area (Å²) in [5.74, 6) is 0.261. The van der Waals surface area contributed by atoms with E-state index in [0.717, 1.165) is 0 Å². The molecule has 6 heteroatoms. The van der Waals surface area contributed by atoms with Gasteiger partial charge in [0.1, 0.15) is 6.33 Å². The number of anilines is 1. The van der Waals surface area contributed by atoms with Gasteiger partial charge >= 0.3 is 0 Å². The molecule has 0 spiro atoms. The van der Waals surface area contributed by atoms with Gasteiger partial charge in [-0.2, -0.15) is 0 Å². The van der Waals surface area contributed by atoms with E-state index in [2.05, 4.69) is 15.3 Å². The first kappa shape index (κ1) is 13.5. The van der Waals surface area contributed by atoms with Crippen LogP contribution in [0.25, 0.3) is 0 Å². The first-order chi connectivity index (χ1) is 7.58. The Labute approximate surface area is 104 Å². The van der Waals surface area contributed by atoms with Crippen LogP contribution in [0.15, 0.2) is 6.33 Å². The number of nitrogens with zero attached hydrogens (tertiary/aromatic N) is 2. The molecular weight excluding hydrogens is 252 g/mol. The Morgan fingerprint density at radius 3 is 2.50 bits per heavy atom. The normalized spacial score (nSPS) is 11.6. The van der Waals surface area contributed by atoms with Crippen LogP contribution in [0.2, 0.25) is 0 Å². The Morgan fingerprint density at radius 1 is 1.38 bits per heavy atom. The SMILES string of the molecule is CCC(CCl)(CCl)Nc1ncnc(C)c1F. The molecule has 0 unspecified atom stereocenters. The molecule has 0 aliphatic carbocycles. The number of aromatic nitrogens is 2. The van der Waals surface area contributed by atoms with Crippen LogP contribution in [0.4, 0.5) is 10.2 Å². The van der Waals surface area contributed by atoms with E-state index in [4.69, 9.17) is 23.2 Å². The van der Waals surface area contributed by atoms with Gasteiger partial charge in [0.15, 0.2) is 11.6 Å². The molecule has 90 valence electrons. The van der Waals surface area contributed by atoms with Crippen LogP contribution in [-0.4, -0.2) is 27.3 Å². The lowest BCUT2D eigenvalue weighted by atomic mass is 10.0. The van der Waals surface area contributed by atoms with Gasteiger partial charge in [-0.1, -0.05) is 6.92 Å². The van der Waals surface area contributed by atoms with Crippen LogP contribution in [0.1, 0.15) is 19.0 Å². The Balaban J connectivity index is 2.98. The van der Waals surface area contributed by atoms with Crippen molar-refractivity contribution >= 4 is 29.0 Å². The van der Waals surface area contributed by atoms with Gasteiger partial charge in [-0.25, -0.2) is 14.4 Å². The topological polar surface area (TPSA) is 37.8 Å². The highest BCUT2D eigenvalue weighted by Gasteiger charge is 2.27. The molecule has 1 heterocycles. The second-order valence-electron chi connectivity index (χ2n) is 3.65. The molecule has 0 atom stereocenters. The van der Waals surface area contributed by atoms with Gasteiger partial charge in [0.05, 0.1) is 11.2 Å². The van der Waals surface area contributed by atoms with Crippen LogP contribution < -0.4 is 5.32 Å². The lowest BCUT2D eigenvalue weighted by Crippen LogP contribution is -2.42. The standard InChI is InChI=1S/C10H14Cl2FN3/c1-3-10(4-11,5-12)16-9-8(13)7(2)14-6-15-9/h6H,3-5H2,1-2H3,(H,14,15,16). The van der Waals surface area contributed by atoms with Crippen molar-refractivity contribution in [1.82, 2.24) is 9.97 Å². The predicted octanol–water partition coefficient (Wildman–Crippen LogP) is 2.96. The molecule has 0 amide bonds. The molecule has 1 aromatic heterocycles. The third-order valence-corrected chi connectivity index (χ3v) is 3.56. The molecule has 0 aliphatic rings. The Bertz CT molecular complexity index is 348. The maximum absolute atomic E-state index is 13.7. The van der Waals surface area contributed by atoms with Gasteiger partial charge in [0.2, 0.25) is 0 Å². The molecule has 0 aromatic carbocycles. The maximum atomic E-state index is 13.7. The second kappa shape index (κ2) is 5.64. The number of aryl methyl sites for hydroxylation is 1. The van der Waals surface area contributed by atoms with E-state index in [9.17, 15) is 4.39 Å². The minimum absolute atomic E-state index is 0.149. The summed E-state index contributed by atoms with van der Waals surface area (Å²) in [5.41, 5.74) is -0.239. The Kier molecular flexibility index (Phi) is 4.74. The molecular formula is C10H14Cl2FN3. The van der Waals surface area contributed by atoms with Crippen molar-refractivity contribution in [3.63, 3.8) is 0 Å². The van der Waals surface area contributed by atoms with E-state index >= 15 is 0 Å². The van der Waals surface area contributed by atoms with Crippen molar-refractivity contribution in [2.75, 3.05) is 17.1 Å². The van der Waals surface area contributed by atoms with E-state index in [0.29, 0.717) is 12.1 Å². The zero-order valence-corrected chi connectivity index (χ0v) is 10.7. The third-order valence-electron chi connectivity index (χ3n) is 2.54. The van der Waals surface area contributed by atoms with Crippen molar-refractivity contribution in [3.8, 4) is 0 Å². The number of alkyl halides is 2. The minimum Gasteiger partial charge on any atom is -0.360 e. The van der Waals surface area contributed by atoms with Gasteiger partial charge in [-0.3, -0.25) is 0 Å². The summed E-state index contributed by atoms with van der Waals surface area (Å²) < 4.78 is 13.7. The monoisotopic (exact) mass is 265 g/mol. The second-order valence-corrected chi connectivity index (χ2v) is 4.18. The molecule has 1 aromatic rings. The predicted molar refractivity (Wildman–Crippen MR) is 64.8 cm³/mol. The third kappa shape index (κ3) is 2.74. The van der Waals surface area contributed by atoms with E-state index in [1.54, 1.807) is 6.92 Å². The number of hydrogen-bond donors (Lipinski definition) is 1. The summed E-state index contributed by atoms with van der Waals surface area (Å²) in [6, 6.07) is 0. The highest BCUT2D eigenvalue weighted by molar-refractivity contribution is 6.22. The van der Waals surface area contributed by atoms with E-state index < -0.39 is 11.4 Å². The first-order valence-corrected chi connectivity index (χ1v) is 6.02. The highest BCUT2D eigenvalue weighted by Crippen LogP contribution is 2.23. The highest BCUT2D eigenvalue weighted by atomic mass is 35.5. The van der Waals surface area contributed by atoms with Crippen molar-refractivity contribution in [2.45, 2.75) is 25.8 Å². The Morgan fingerprint density at radius 2 is 2.00 bits per heavy atom. The maximum Gasteiger partial charge on any atom is 0.186 e. The van der Waals surface area contributed by atoms with Crippen LogP contribution in [0.3, 0.4) is 0 Å². The van der Waals surface area contributed by atoms with Crippen LogP contribution >= 0.6 is 23.2 Å². The van der Waals surface area contributed by atoms with Crippen molar-refractivity contribution in [3.05, 3.63) is 17.8 Å². The lowest BCUT2D eigenvalue weighted by Gasteiger charge is -2.30. The summed E-state index contributed by atoms with van der Waals surface area (Å²) >= 11 is 11.7. The first-order valence-electron chi connectivity index (χ1n) is 4.95. The molecule has 0 saturated heterocycles. The smallest absolute Gasteiger partial charge is 0.186 e. The molecule has 1 rings (SSSR count). The van der Waals surface area contributed by atoms with Crippen molar-refractivity contribution in [2.24, 2.45) is 0 Å². The molecule has 0 aliphatic heterocycles. The van der Waals surface area contributed by atoms with E-state index in [1.165, 1.54) is 6.33 Å². The average molecular weight is 266 g/mol. The zero-order valence-electron chi connectivity index (χ0n) is 9.23. The van der Waals surface area contributed by atoms with Gasteiger partial charge in [0, 0.05) is 11.8 Å². The zero-order chi connectivity index (χ0) is 12.2. The number of halogens is 3. The van der Waals surface area contributed by atoms with Crippen LogP contribution in [-0.2, 0) is 0 Å². The molecule has 16 heavy (non-hydrogen) atoms. The molecule has 0 bridgehead atoms. The van der Waals surface area contributed by atoms with Crippen molar-refractivity contribution < 1.29 is 4.39 Å². The van der Waals surface area contributed by atoms with Gasteiger partial charge in [0.25, 0.3) is 0 Å². The fraction of sp³-hybridized carbons (Fsp3) is 0.600. The molecule has 3 nitrogen and oxygen atoms in total. The van der Waals surface area contributed by atoms with Crippen molar-refractivity contribution in [1.29, 1.82) is 0 Å². The molecule has 0 fully saturated rings. The number of nitrogens with one attached hydrogen (secondary N) is 1. The molecule has 0 radical (unpaired) electrons. The lowest BCUT2D eigenvalue weighted by molar-refractivity contribution is 0.540. The fourth-order valence-electron chi connectivity index (χ4n) is 1.18. The summed E-state index contributed by atoms with van der Waals surface area (Å²) in [6.07, 6.45) is 1.99. The van der Waals surface area contributed by atoms with Gasteiger partial charge < -0.3 is 5.32 Å². The molecule has 0 saturated carbocycles. The number of hydrogen-bond acceptors (Lipinski definition) is 3.